The quantitative estimate of drug-likeness (QED) is 0.472. The Hall–Kier alpha value is -2.91. The number of nitrogens with zero attached hydrogens (tertiary/aromatic N) is 5. The lowest BCUT2D eigenvalue weighted by molar-refractivity contribution is 0.149. The Balaban J connectivity index is 0.00000162. The Bertz CT molecular complexity index is 1140. The van der Waals surface area contributed by atoms with E-state index in [4.69, 9.17) is 0 Å². The molecule has 1 fully saturated rings. The molecule has 1 saturated heterocycles. The van der Waals surface area contributed by atoms with Crippen LogP contribution in [0.1, 0.15) is 22.9 Å². The smallest absolute Gasteiger partial charge is 0.238 e. The van der Waals surface area contributed by atoms with Gasteiger partial charge in [-0.15, -0.1) is 24.8 Å². The second-order valence-corrected chi connectivity index (χ2v) is 8.27. The van der Waals surface area contributed by atoms with Crippen LogP contribution < -0.4 is 5.32 Å². The van der Waals surface area contributed by atoms with E-state index in [9.17, 15) is 5.11 Å². The topological polar surface area (TPSA) is 92.7 Å². The van der Waals surface area contributed by atoms with Crippen molar-refractivity contribution in [3.8, 4) is 5.88 Å². The Morgan fingerprint density at radius 1 is 1.09 bits per heavy atom. The Morgan fingerprint density at radius 3 is 2.62 bits per heavy atom. The van der Waals surface area contributed by atoms with E-state index in [-0.39, 0.29) is 36.7 Å². The standard InChI is InChI=1S/C24H27N7O.2ClH/c1-30-10-12-31(13-11-30)16-21(17-6-3-2-4-7-17)28-24-27-20(23(32)29-24)14-18-15-26-22-19(18)8-5-9-25-22;;/h2-9,14-15,21,32H,10-13,16H2,1H3,(H2,27,28,29);2*1H/t21-;;/m1../s1. The predicted octanol–water partition coefficient (Wildman–Crippen LogP) is 4.01. The fourth-order valence-electron chi connectivity index (χ4n) is 4.12. The van der Waals surface area contributed by atoms with Crippen LogP contribution in [0.15, 0.2) is 53.7 Å². The van der Waals surface area contributed by atoms with E-state index in [1.807, 2.05) is 36.4 Å². The van der Waals surface area contributed by atoms with Crippen LogP contribution >= 0.6 is 24.8 Å². The lowest BCUT2D eigenvalue weighted by Gasteiger charge is -2.35. The summed E-state index contributed by atoms with van der Waals surface area (Å²) in [6.07, 6.45) is 5.33. The molecule has 2 aliphatic heterocycles. The minimum Gasteiger partial charge on any atom is -0.492 e. The van der Waals surface area contributed by atoms with Gasteiger partial charge in [-0.2, -0.15) is 4.98 Å². The molecule has 0 radical (unpaired) electrons. The first-order valence-electron chi connectivity index (χ1n) is 10.9. The lowest BCUT2D eigenvalue weighted by atomic mass is 10.1. The molecule has 3 N–H and O–H groups in total. The number of aliphatic imine (C=N–C) groups is 1. The number of likely N-dealkylation sites (N-methyl/N-ethyl adjacent to an activating group) is 1. The number of hydrogen-bond donors (Lipinski definition) is 3. The molecule has 0 spiro atoms. The van der Waals surface area contributed by atoms with E-state index in [1.54, 1.807) is 12.4 Å². The zero-order valence-corrected chi connectivity index (χ0v) is 20.5. The fraction of sp³-hybridized carbons (Fsp3) is 0.292. The van der Waals surface area contributed by atoms with Crippen molar-refractivity contribution in [2.75, 3.05) is 45.1 Å². The number of benzene rings is 1. The number of aromatic amines is 1. The van der Waals surface area contributed by atoms with E-state index >= 15 is 0 Å². The molecule has 1 aromatic carbocycles. The van der Waals surface area contributed by atoms with Crippen LogP contribution in [0, 0.1) is 0 Å². The molecule has 2 aliphatic rings. The fourth-order valence-corrected chi connectivity index (χ4v) is 4.12. The van der Waals surface area contributed by atoms with Crippen LogP contribution in [0.5, 0.6) is 5.88 Å². The van der Waals surface area contributed by atoms with Crippen molar-refractivity contribution in [3.63, 3.8) is 0 Å². The van der Waals surface area contributed by atoms with Gasteiger partial charge in [0.2, 0.25) is 11.8 Å². The summed E-state index contributed by atoms with van der Waals surface area (Å²) >= 11 is 0. The molecular formula is C24H29Cl2N7O. The van der Waals surface area contributed by atoms with Gasteiger partial charge in [-0.3, -0.25) is 4.90 Å². The Kier molecular flexibility index (Phi) is 8.68. The second-order valence-electron chi connectivity index (χ2n) is 8.27. The minimum atomic E-state index is -0.0443. The molecule has 0 unspecified atom stereocenters. The summed E-state index contributed by atoms with van der Waals surface area (Å²) in [5.41, 5.74) is 3.55. The summed E-state index contributed by atoms with van der Waals surface area (Å²) in [5, 5.41) is 14.0. The summed E-state index contributed by atoms with van der Waals surface area (Å²) in [4.78, 5) is 21.0. The third kappa shape index (κ3) is 5.77. The average molecular weight is 502 g/mol. The number of halogens is 2. The van der Waals surface area contributed by atoms with Crippen LogP contribution in [0.25, 0.3) is 11.6 Å². The van der Waals surface area contributed by atoms with Crippen molar-refractivity contribution >= 4 is 54.4 Å². The van der Waals surface area contributed by atoms with E-state index in [2.05, 4.69) is 54.2 Å². The second kappa shape index (κ2) is 11.5. The first-order valence-corrected chi connectivity index (χ1v) is 10.9. The van der Waals surface area contributed by atoms with Gasteiger partial charge in [-0.05, 0) is 30.8 Å². The van der Waals surface area contributed by atoms with Crippen molar-refractivity contribution < 1.29 is 5.11 Å². The van der Waals surface area contributed by atoms with E-state index in [0.717, 1.165) is 43.9 Å². The zero-order chi connectivity index (χ0) is 21.9. The number of nitrogens with one attached hydrogen (secondary N) is 2. The molecule has 0 amide bonds. The summed E-state index contributed by atoms with van der Waals surface area (Å²) in [6.45, 7) is 5.07. The summed E-state index contributed by atoms with van der Waals surface area (Å²) in [5.74, 6) is 1.18. The van der Waals surface area contributed by atoms with Gasteiger partial charge in [0.05, 0.1) is 6.04 Å². The number of pyridine rings is 1. The normalized spacial score (nSPS) is 17.6. The molecular weight excluding hydrogens is 473 g/mol. The van der Waals surface area contributed by atoms with Crippen molar-refractivity contribution in [2.45, 2.75) is 6.04 Å². The SMILES string of the molecule is CN1CCN(C[C@@H](Nc2nc(O)c(C=C3C=Nc4ncccc43)[nH]2)c2ccccc2)CC1.Cl.Cl. The molecule has 4 heterocycles. The Labute approximate surface area is 211 Å². The van der Waals surface area contributed by atoms with Gasteiger partial charge >= 0.3 is 0 Å². The third-order valence-corrected chi connectivity index (χ3v) is 5.98. The number of aromatic hydroxyl groups is 1. The van der Waals surface area contributed by atoms with Crippen molar-refractivity contribution in [1.29, 1.82) is 0 Å². The first kappa shape index (κ1) is 25.7. The molecule has 0 aliphatic carbocycles. The van der Waals surface area contributed by atoms with Crippen molar-refractivity contribution in [3.05, 3.63) is 65.5 Å². The molecule has 8 nitrogen and oxygen atoms in total. The number of piperazine rings is 1. The highest BCUT2D eigenvalue weighted by molar-refractivity contribution is 6.20. The largest absolute Gasteiger partial charge is 0.492 e. The number of allylic oxidation sites excluding steroid dienone is 1. The summed E-state index contributed by atoms with van der Waals surface area (Å²) in [6, 6.07) is 14.3. The number of aromatic nitrogens is 3. The number of rotatable bonds is 6. The van der Waals surface area contributed by atoms with E-state index in [0.29, 0.717) is 17.5 Å². The predicted molar refractivity (Wildman–Crippen MR) is 142 cm³/mol. The minimum absolute atomic E-state index is 0. The molecule has 10 heteroatoms. The maximum Gasteiger partial charge on any atom is 0.238 e. The number of anilines is 1. The number of fused-ring (bicyclic) bond motifs is 1. The zero-order valence-electron chi connectivity index (χ0n) is 18.9. The maximum absolute atomic E-state index is 10.5. The number of imidazole rings is 1. The molecule has 34 heavy (non-hydrogen) atoms. The first-order chi connectivity index (χ1) is 15.7. The Morgan fingerprint density at radius 2 is 1.85 bits per heavy atom. The van der Waals surface area contributed by atoms with Gasteiger partial charge in [0.25, 0.3) is 0 Å². The van der Waals surface area contributed by atoms with Gasteiger partial charge in [0.1, 0.15) is 5.69 Å². The highest BCUT2D eigenvalue weighted by Crippen LogP contribution is 2.32. The highest BCUT2D eigenvalue weighted by Gasteiger charge is 2.21. The molecule has 3 aromatic rings. The van der Waals surface area contributed by atoms with Gasteiger partial charge in [0, 0.05) is 56.3 Å². The average Bonchev–Trinajstić information content (AvgIpc) is 3.38. The number of hydrogen-bond acceptors (Lipinski definition) is 7. The van der Waals surface area contributed by atoms with Gasteiger partial charge in [-0.1, -0.05) is 30.3 Å². The van der Waals surface area contributed by atoms with Crippen molar-refractivity contribution in [2.24, 2.45) is 4.99 Å². The molecule has 2 aromatic heterocycles. The van der Waals surface area contributed by atoms with Gasteiger partial charge in [-0.25, -0.2) is 9.98 Å². The summed E-state index contributed by atoms with van der Waals surface area (Å²) in [7, 11) is 2.16. The van der Waals surface area contributed by atoms with Crippen LogP contribution in [-0.2, 0) is 0 Å². The molecule has 1 atom stereocenters. The molecule has 0 saturated carbocycles. The van der Waals surface area contributed by atoms with Crippen LogP contribution in [0.2, 0.25) is 0 Å². The van der Waals surface area contributed by atoms with Crippen LogP contribution in [0.4, 0.5) is 11.8 Å². The third-order valence-electron chi connectivity index (χ3n) is 5.98. The van der Waals surface area contributed by atoms with Gasteiger partial charge < -0.3 is 20.3 Å². The van der Waals surface area contributed by atoms with Crippen molar-refractivity contribution in [1.82, 2.24) is 24.8 Å². The monoisotopic (exact) mass is 501 g/mol. The van der Waals surface area contributed by atoms with Crippen LogP contribution in [-0.4, -0.2) is 75.8 Å². The maximum atomic E-state index is 10.5. The highest BCUT2D eigenvalue weighted by atomic mass is 35.5. The molecule has 5 rings (SSSR count). The lowest BCUT2D eigenvalue weighted by Crippen LogP contribution is -2.46. The van der Waals surface area contributed by atoms with Gasteiger partial charge in [0.15, 0.2) is 5.82 Å². The van der Waals surface area contributed by atoms with Crippen LogP contribution in [0.3, 0.4) is 0 Å². The van der Waals surface area contributed by atoms with E-state index < -0.39 is 0 Å². The molecule has 0 bridgehead atoms. The molecule has 180 valence electrons. The summed E-state index contributed by atoms with van der Waals surface area (Å²) < 4.78 is 0. The van der Waals surface area contributed by atoms with E-state index in [1.165, 1.54) is 5.56 Å². The number of H-pyrrole nitrogens is 1.